The summed E-state index contributed by atoms with van der Waals surface area (Å²) in [6, 6.07) is 2.64. The minimum atomic E-state index is -0.749. The van der Waals surface area contributed by atoms with Crippen LogP contribution >= 0.6 is 0 Å². The van der Waals surface area contributed by atoms with Crippen LogP contribution in [0.3, 0.4) is 0 Å². The van der Waals surface area contributed by atoms with Gasteiger partial charge in [0.05, 0.1) is 12.2 Å². The molecule has 252 valence electrons. The lowest BCUT2D eigenvalue weighted by Crippen LogP contribution is -2.52. The third kappa shape index (κ3) is 7.33. The van der Waals surface area contributed by atoms with Crippen molar-refractivity contribution in [2.24, 2.45) is 11.8 Å². The standard InChI is InChI=1S/C34H49FN6O5/c1-34(2,3)46-33(45)40-18-14-38(15-19-40)21-24-6-4-23(5-7-24)20-37-12-16-39(17-13-37)27-9-8-25-26(30(27)35)22-41(32(25)44)28-10-11-29(42)36-31(28)43/h8-9,23-24,28H,4-7,10-22H2,1-3H3,(H,36,42,43). The molecule has 1 unspecified atom stereocenters. The number of nitrogens with one attached hydrogen (secondary N) is 1. The highest BCUT2D eigenvalue weighted by Crippen LogP contribution is 2.35. The Bertz CT molecular complexity index is 1330. The number of carbonyl (C=O) groups excluding carboxylic acids is 4. The van der Waals surface area contributed by atoms with Crippen molar-refractivity contribution in [3.05, 3.63) is 29.1 Å². The van der Waals surface area contributed by atoms with Gasteiger partial charge in [0.1, 0.15) is 11.6 Å². The number of benzene rings is 1. The van der Waals surface area contributed by atoms with Crippen LogP contribution in [0.25, 0.3) is 0 Å². The van der Waals surface area contributed by atoms with Crippen molar-refractivity contribution in [2.45, 2.75) is 77.5 Å². The van der Waals surface area contributed by atoms with Gasteiger partial charge in [-0.3, -0.25) is 29.5 Å². The average molecular weight is 641 g/mol. The molecule has 4 heterocycles. The van der Waals surface area contributed by atoms with Crippen molar-refractivity contribution >= 4 is 29.5 Å². The van der Waals surface area contributed by atoms with E-state index in [2.05, 4.69) is 20.0 Å². The zero-order valence-electron chi connectivity index (χ0n) is 27.6. The second kappa shape index (κ2) is 13.5. The monoisotopic (exact) mass is 640 g/mol. The summed E-state index contributed by atoms with van der Waals surface area (Å²) in [5, 5.41) is 2.30. The first-order valence-corrected chi connectivity index (χ1v) is 17.1. The third-order valence-electron chi connectivity index (χ3n) is 10.4. The van der Waals surface area contributed by atoms with Crippen LogP contribution in [0.4, 0.5) is 14.9 Å². The molecule has 0 aromatic heterocycles. The molecule has 11 nitrogen and oxygen atoms in total. The molecule has 1 aromatic carbocycles. The van der Waals surface area contributed by atoms with Gasteiger partial charge in [0.25, 0.3) is 5.91 Å². The fourth-order valence-corrected chi connectivity index (χ4v) is 7.77. The number of rotatable bonds is 6. The highest BCUT2D eigenvalue weighted by atomic mass is 19.1. The van der Waals surface area contributed by atoms with E-state index < -0.39 is 17.6 Å². The number of amides is 4. The molecule has 3 saturated heterocycles. The fourth-order valence-electron chi connectivity index (χ4n) is 7.77. The molecule has 12 heteroatoms. The Morgan fingerprint density at radius 2 is 1.46 bits per heavy atom. The molecule has 1 saturated carbocycles. The van der Waals surface area contributed by atoms with Gasteiger partial charge in [-0.05, 0) is 76.8 Å². The topological polar surface area (TPSA) is 106 Å². The van der Waals surface area contributed by atoms with Gasteiger partial charge in [-0.2, -0.15) is 0 Å². The lowest BCUT2D eigenvalue weighted by molar-refractivity contribution is -0.136. The van der Waals surface area contributed by atoms with E-state index >= 15 is 4.39 Å². The lowest BCUT2D eigenvalue weighted by Gasteiger charge is -2.40. The number of carbonyl (C=O) groups is 4. The Kier molecular flexibility index (Phi) is 9.57. The zero-order chi connectivity index (χ0) is 32.6. The lowest BCUT2D eigenvalue weighted by atomic mass is 9.81. The molecule has 5 aliphatic rings. The van der Waals surface area contributed by atoms with Gasteiger partial charge >= 0.3 is 6.09 Å². The first kappa shape index (κ1) is 32.7. The maximum absolute atomic E-state index is 15.8. The van der Waals surface area contributed by atoms with Gasteiger partial charge in [0, 0.05) is 83.0 Å². The Balaban J connectivity index is 0.925. The number of halogens is 1. The molecule has 4 aliphatic heterocycles. The summed E-state index contributed by atoms with van der Waals surface area (Å²) in [7, 11) is 0. The Morgan fingerprint density at radius 1 is 0.870 bits per heavy atom. The zero-order valence-corrected chi connectivity index (χ0v) is 27.6. The number of piperazine rings is 2. The van der Waals surface area contributed by atoms with E-state index in [0.29, 0.717) is 28.7 Å². The van der Waals surface area contributed by atoms with Crippen LogP contribution < -0.4 is 10.2 Å². The molecule has 6 rings (SSSR count). The number of nitrogens with zero attached hydrogens (tertiary/aromatic N) is 5. The first-order chi connectivity index (χ1) is 21.9. The predicted octanol–water partition coefficient (Wildman–Crippen LogP) is 3.07. The molecule has 1 atom stereocenters. The van der Waals surface area contributed by atoms with Crippen LogP contribution in [-0.2, 0) is 20.9 Å². The van der Waals surface area contributed by atoms with E-state index in [9.17, 15) is 19.2 Å². The second-order valence-corrected chi connectivity index (χ2v) is 14.8. The molecule has 0 spiro atoms. The average Bonchev–Trinajstić information content (AvgIpc) is 3.35. The van der Waals surface area contributed by atoms with Crippen molar-refractivity contribution in [1.29, 1.82) is 0 Å². The minimum absolute atomic E-state index is 0.0467. The van der Waals surface area contributed by atoms with E-state index in [1.54, 1.807) is 12.1 Å². The molecule has 0 bridgehead atoms. The van der Waals surface area contributed by atoms with E-state index in [1.165, 1.54) is 30.6 Å². The van der Waals surface area contributed by atoms with Gasteiger partial charge in [-0.25, -0.2) is 9.18 Å². The molecular weight excluding hydrogens is 591 g/mol. The smallest absolute Gasteiger partial charge is 0.410 e. The van der Waals surface area contributed by atoms with E-state index in [-0.39, 0.29) is 43.1 Å². The predicted molar refractivity (Wildman–Crippen MR) is 171 cm³/mol. The number of anilines is 1. The quantitative estimate of drug-likeness (QED) is 0.474. The summed E-state index contributed by atoms with van der Waals surface area (Å²) in [5.41, 5.74) is 0.706. The summed E-state index contributed by atoms with van der Waals surface area (Å²) in [4.78, 5) is 59.7. The Labute approximate surface area is 271 Å². The molecule has 4 amide bonds. The largest absolute Gasteiger partial charge is 0.444 e. The molecule has 1 N–H and O–H groups in total. The van der Waals surface area contributed by atoms with Gasteiger partial charge in [0.2, 0.25) is 11.8 Å². The van der Waals surface area contributed by atoms with Crippen molar-refractivity contribution < 1.29 is 28.3 Å². The van der Waals surface area contributed by atoms with E-state index in [4.69, 9.17) is 4.74 Å². The fraction of sp³-hybridized carbons (Fsp3) is 0.706. The minimum Gasteiger partial charge on any atom is -0.444 e. The van der Waals surface area contributed by atoms with Crippen LogP contribution in [0.1, 0.15) is 75.2 Å². The van der Waals surface area contributed by atoms with Gasteiger partial charge < -0.3 is 19.4 Å². The highest BCUT2D eigenvalue weighted by Gasteiger charge is 2.41. The van der Waals surface area contributed by atoms with Gasteiger partial charge in [0.15, 0.2) is 5.82 Å². The first-order valence-electron chi connectivity index (χ1n) is 17.1. The summed E-state index contributed by atoms with van der Waals surface area (Å²) >= 11 is 0. The molecule has 0 radical (unpaired) electrons. The summed E-state index contributed by atoms with van der Waals surface area (Å²) in [6.07, 6.45) is 5.18. The van der Waals surface area contributed by atoms with Crippen molar-refractivity contribution in [1.82, 2.24) is 24.9 Å². The summed E-state index contributed by atoms with van der Waals surface area (Å²) in [6.45, 7) is 14.4. The SMILES string of the molecule is CC(C)(C)OC(=O)N1CCN(CC2CCC(CN3CCN(c4ccc5c(c4F)CN(C4CCC(=O)NC4=O)C5=O)CC3)CC2)CC1. The van der Waals surface area contributed by atoms with Gasteiger partial charge in [-0.1, -0.05) is 0 Å². The van der Waals surface area contributed by atoms with Crippen LogP contribution in [0.15, 0.2) is 12.1 Å². The number of hydrogen-bond acceptors (Lipinski definition) is 8. The summed E-state index contributed by atoms with van der Waals surface area (Å²) < 4.78 is 21.3. The molecular formula is C34H49FN6O5. The van der Waals surface area contributed by atoms with Gasteiger partial charge in [-0.15, -0.1) is 0 Å². The molecule has 1 aromatic rings. The molecule has 4 fully saturated rings. The second-order valence-electron chi connectivity index (χ2n) is 14.8. The number of imide groups is 1. The number of fused-ring (bicyclic) bond motifs is 1. The van der Waals surface area contributed by atoms with Crippen molar-refractivity contribution in [2.75, 3.05) is 70.3 Å². The number of hydrogen-bond donors (Lipinski definition) is 1. The normalized spacial score (nSPS) is 26.7. The maximum Gasteiger partial charge on any atom is 0.410 e. The maximum atomic E-state index is 15.8. The third-order valence-corrected chi connectivity index (χ3v) is 10.4. The van der Waals surface area contributed by atoms with E-state index in [1.807, 2.05) is 25.7 Å². The van der Waals surface area contributed by atoms with Crippen LogP contribution in [0.2, 0.25) is 0 Å². The summed E-state index contributed by atoms with van der Waals surface area (Å²) in [5.74, 6) is -0.157. The molecule has 46 heavy (non-hydrogen) atoms. The van der Waals surface area contributed by atoms with Crippen LogP contribution in [0.5, 0.6) is 0 Å². The highest BCUT2D eigenvalue weighted by molar-refractivity contribution is 6.05. The Hall–Kier alpha value is -3.25. The van der Waals surface area contributed by atoms with E-state index in [0.717, 1.165) is 65.4 Å². The van der Waals surface area contributed by atoms with Crippen molar-refractivity contribution in [3.63, 3.8) is 0 Å². The Morgan fingerprint density at radius 3 is 2.02 bits per heavy atom. The van der Waals surface area contributed by atoms with Crippen LogP contribution in [0, 0.1) is 17.7 Å². The van der Waals surface area contributed by atoms with Crippen LogP contribution in [-0.4, -0.2) is 121 Å². The number of piperidine rings is 1. The molecule has 1 aliphatic carbocycles. The van der Waals surface area contributed by atoms with Crippen molar-refractivity contribution in [3.8, 4) is 0 Å². The number of ether oxygens (including phenoxy) is 1.